The van der Waals surface area contributed by atoms with Crippen molar-refractivity contribution in [3.8, 4) is 22.6 Å². The standard InChI is InChI=1S/C19H12F2N4O2S/c1-10-15(17(25-27-10)11-5-4-6-12(20)16(11)21)18(26)24-19-23-14(9-28-19)13-7-2-3-8-22-13/h2-9H,1H3,(H,23,24,26). The van der Waals surface area contributed by atoms with Crippen molar-refractivity contribution in [1.29, 1.82) is 0 Å². The Kier molecular flexibility index (Phi) is 4.66. The van der Waals surface area contributed by atoms with Crippen molar-refractivity contribution < 1.29 is 18.1 Å². The topological polar surface area (TPSA) is 80.9 Å². The Balaban J connectivity index is 1.64. The summed E-state index contributed by atoms with van der Waals surface area (Å²) < 4.78 is 32.8. The van der Waals surface area contributed by atoms with E-state index in [2.05, 4.69) is 20.4 Å². The zero-order valence-electron chi connectivity index (χ0n) is 14.4. The molecule has 3 heterocycles. The summed E-state index contributed by atoms with van der Waals surface area (Å²) in [5.41, 5.74) is 1.06. The lowest BCUT2D eigenvalue weighted by Crippen LogP contribution is -2.13. The Hall–Kier alpha value is -3.46. The number of benzene rings is 1. The van der Waals surface area contributed by atoms with Crippen LogP contribution >= 0.6 is 11.3 Å². The molecule has 140 valence electrons. The second-order valence-corrected chi connectivity index (χ2v) is 6.63. The van der Waals surface area contributed by atoms with Crippen molar-refractivity contribution in [1.82, 2.24) is 15.1 Å². The number of amides is 1. The first-order valence-corrected chi connectivity index (χ1v) is 9.01. The lowest BCUT2D eigenvalue weighted by Gasteiger charge is -2.04. The average Bonchev–Trinajstić information content (AvgIpc) is 3.31. The van der Waals surface area contributed by atoms with Crippen molar-refractivity contribution in [2.24, 2.45) is 0 Å². The molecule has 28 heavy (non-hydrogen) atoms. The van der Waals surface area contributed by atoms with E-state index in [9.17, 15) is 13.6 Å². The number of nitrogens with one attached hydrogen (secondary N) is 1. The van der Waals surface area contributed by atoms with Crippen LogP contribution in [0.1, 0.15) is 16.1 Å². The fraction of sp³-hybridized carbons (Fsp3) is 0.0526. The molecule has 1 amide bonds. The van der Waals surface area contributed by atoms with Crippen LogP contribution in [0.25, 0.3) is 22.6 Å². The number of pyridine rings is 1. The van der Waals surface area contributed by atoms with E-state index < -0.39 is 17.5 Å². The van der Waals surface area contributed by atoms with Gasteiger partial charge in [0.2, 0.25) is 0 Å². The highest BCUT2D eigenvalue weighted by atomic mass is 32.1. The quantitative estimate of drug-likeness (QED) is 0.539. The molecule has 0 unspecified atom stereocenters. The molecule has 0 radical (unpaired) electrons. The molecule has 9 heteroatoms. The zero-order chi connectivity index (χ0) is 19.7. The summed E-state index contributed by atoms with van der Waals surface area (Å²) in [5, 5.41) is 8.46. The Morgan fingerprint density at radius 1 is 1.14 bits per heavy atom. The van der Waals surface area contributed by atoms with E-state index in [1.807, 2.05) is 6.07 Å². The van der Waals surface area contributed by atoms with Crippen molar-refractivity contribution in [2.45, 2.75) is 6.92 Å². The molecular weight excluding hydrogens is 386 g/mol. The van der Waals surface area contributed by atoms with E-state index in [0.717, 1.165) is 6.07 Å². The minimum atomic E-state index is -1.10. The summed E-state index contributed by atoms with van der Waals surface area (Å²) in [7, 11) is 0. The van der Waals surface area contributed by atoms with E-state index in [1.54, 1.807) is 23.7 Å². The number of aromatic nitrogens is 3. The molecule has 0 spiro atoms. The third-order valence-electron chi connectivity index (χ3n) is 3.95. The number of thiazole rings is 1. The van der Waals surface area contributed by atoms with Gasteiger partial charge in [-0.1, -0.05) is 17.3 Å². The number of carbonyl (C=O) groups is 1. The summed E-state index contributed by atoms with van der Waals surface area (Å²) in [5.74, 6) is -2.54. The van der Waals surface area contributed by atoms with Crippen molar-refractivity contribution in [3.05, 3.63) is 70.9 Å². The van der Waals surface area contributed by atoms with Gasteiger partial charge in [0.05, 0.1) is 5.69 Å². The first-order valence-electron chi connectivity index (χ1n) is 8.13. The van der Waals surface area contributed by atoms with Crippen LogP contribution in [-0.4, -0.2) is 21.0 Å². The van der Waals surface area contributed by atoms with Crippen LogP contribution in [0.4, 0.5) is 13.9 Å². The van der Waals surface area contributed by atoms with E-state index in [4.69, 9.17) is 4.52 Å². The van der Waals surface area contributed by atoms with Crippen molar-refractivity contribution in [3.63, 3.8) is 0 Å². The van der Waals surface area contributed by atoms with Gasteiger partial charge < -0.3 is 4.52 Å². The summed E-state index contributed by atoms with van der Waals surface area (Å²) in [6.45, 7) is 1.52. The Labute approximate surface area is 161 Å². The van der Waals surface area contributed by atoms with Gasteiger partial charge in [0, 0.05) is 17.1 Å². The average molecular weight is 398 g/mol. The van der Waals surface area contributed by atoms with E-state index in [1.165, 1.54) is 30.4 Å². The zero-order valence-corrected chi connectivity index (χ0v) is 15.3. The van der Waals surface area contributed by atoms with Gasteiger partial charge in [0.15, 0.2) is 16.8 Å². The third-order valence-corrected chi connectivity index (χ3v) is 4.71. The van der Waals surface area contributed by atoms with Crippen molar-refractivity contribution in [2.75, 3.05) is 5.32 Å². The van der Waals surface area contributed by atoms with Gasteiger partial charge in [-0.05, 0) is 31.2 Å². The first-order chi connectivity index (χ1) is 13.5. The molecule has 0 aliphatic heterocycles. The third kappa shape index (κ3) is 3.27. The van der Waals surface area contributed by atoms with Gasteiger partial charge in [-0.2, -0.15) is 0 Å². The summed E-state index contributed by atoms with van der Waals surface area (Å²) >= 11 is 1.21. The van der Waals surface area contributed by atoms with Crippen LogP contribution in [0, 0.1) is 18.6 Å². The predicted octanol–water partition coefficient (Wildman–Crippen LogP) is 4.70. The minimum Gasteiger partial charge on any atom is -0.360 e. The van der Waals surface area contributed by atoms with Crippen LogP contribution in [0.5, 0.6) is 0 Å². The van der Waals surface area contributed by atoms with Crippen LogP contribution < -0.4 is 5.32 Å². The fourth-order valence-corrected chi connectivity index (χ4v) is 3.33. The molecule has 1 N–H and O–H groups in total. The number of hydrogen-bond acceptors (Lipinski definition) is 6. The highest BCUT2D eigenvalue weighted by molar-refractivity contribution is 7.14. The molecule has 0 atom stereocenters. The number of anilines is 1. The number of nitrogens with zero attached hydrogens (tertiary/aromatic N) is 3. The second kappa shape index (κ2) is 7.28. The van der Waals surface area contributed by atoms with E-state index in [0.29, 0.717) is 16.5 Å². The van der Waals surface area contributed by atoms with Crippen LogP contribution in [-0.2, 0) is 0 Å². The maximum absolute atomic E-state index is 14.2. The molecule has 0 saturated heterocycles. The molecule has 3 aromatic heterocycles. The van der Waals surface area contributed by atoms with Gasteiger partial charge in [-0.15, -0.1) is 11.3 Å². The molecule has 0 aliphatic rings. The molecule has 4 aromatic rings. The van der Waals surface area contributed by atoms with Gasteiger partial charge in [-0.3, -0.25) is 15.1 Å². The molecule has 6 nitrogen and oxygen atoms in total. The Morgan fingerprint density at radius 3 is 2.79 bits per heavy atom. The second-order valence-electron chi connectivity index (χ2n) is 5.77. The smallest absolute Gasteiger partial charge is 0.263 e. The minimum absolute atomic E-state index is 0.0130. The highest BCUT2D eigenvalue weighted by Crippen LogP contribution is 2.30. The Bertz CT molecular complexity index is 1160. The summed E-state index contributed by atoms with van der Waals surface area (Å²) in [4.78, 5) is 21.3. The highest BCUT2D eigenvalue weighted by Gasteiger charge is 2.25. The number of halogens is 2. The molecule has 0 aliphatic carbocycles. The lowest BCUT2D eigenvalue weighted by molar-refractivity contribution is 0.102. The summed E-state index contributed by atoms with van der Waals surface area (Å²) in [6.07, 6.45) is 1.65. The molecule has 0 saturated carbocycles. The molecule has 1 aromatic carbocycles. The van der Waals surface area contributed by atoms with Gasteiger partial charge in [0.1, 0.15) is 22.7 Å². The van der Waals surface area contributed by atoms with E-state index in [-0.39, 0.29) is 22.6 Å². The van der Waals surface area contributed by atoms with E-state index >= 15 is 0 Å². The van der Waals surface area contributed by atoms with Gasteiger partial charge in [-0.25, -0.2) is 13.8 Å². The number of rotatable bonds is 4. The number of hydrogen-bond donors (Lipinski definition) is 1. The number of aryl methyl sites for hydroxylation is 1. The SMILES string of the molecule is Cc1onc(-c2cccc(F)c2F)c1C(=O)Nc1nc(-c2ccccn2)cs1. The van der Waals surface area contributed by atoms with Crippen LogP contribution in [0.3, 0.4) is 0 Å². The predicted molar refractivity (Wildman–Crippen MR) is 99.9 cm³/mol. The lowest BCUT2D eigenvalue weighted by atomic mass is 10.0. The van der Waals surface area contributed by atoms with Crippen LogP contribution in [0.2, 0.25) is 0 Å². The molecule has 4 rings (SSSR count). The number of carbonyl (C=O) groups excluding carboxylic acids is 1. The Morgan fingerprint density at radius 2 is 2.00 bits per heavy atom. The van der Waals surface area contributed by atoms with Crippen molar-refractivity contribution >= 4 is 22.4 Å². The maximum Gasteiger partial charge on any atom is 0.263 e. The normalized spacial score (nSPS) is 10.8. The molecule has 0 bridgehead atoms. The largest absolute Gasteiger partial charge is 0.360 e. The summed E-state index contributed by atoms with van der Waals surface area (Å²) in [6, 6.07) is 9.07. The molecular formula is C19H12F2N4O2S. The molecule has 0 fully saturated rings. The fourth-order valence-electron chi connectivity index (χ4n) is 2.63. The maximum atomic E-state index is 14.2. The first kappa shape index (κ1) is 17.9. The van der Waals surface area contributed by atoms with Crippen LogP contribution in [0.15, 0.2) is 52.5 Å². The van der Waals surface area contributed by atoms with Gasteiger partial charge >= 0.3 is 0 Å². The monoisotopic (exact) mass is 398 g/mol. The van der Waals surface area contributed by atoms with Gasteiger partial charge in [0.25, 0.3) is 5.91 Å².